The van der Waals surface area contributed by atoms with Gasteiger partial charge in [-0.3, -0.25) is 4.90 Å². The fourth-order valence-corrected chi connectivity index (χ4v) is 3.09. The fourth-order valence-electron chi connectivity index (χ4n) is 2.57. The van der Waals surface area contributed by atoms with Gasteiger partial charge in [-0.05, 0) is 40.0 Å². The Labute approximate surface area is 135 Å². The topological polar surface area (TPSA) is 15.3 Å². The van der Waals surface area contributed by atoms with Gasteiger partial charge >= 0.3 is 6.18 Å². The average molecular weight is 386 g/mol. The van der Waals surface area contributed by atoms with E-state index >= 15 is 0 Å². The van der Waals surface area contributed by atoms with Crippen LogP contribution in [0.1, 0.15) is 24.4 Å². The molecule has 1 N–H and O–H groups in total. The Bertz CT molecular complexity index is 476. The van der Waals surface area contributed by atoms with Gasteiger partial charge in [0, 0.05) is 43.1 Å². The average Bonchev–Trinajstić information content (AvgIpc) is 2.43. The van der Waals surface area contributed by atoms with E-state index < -0.39 is 12.6 Å². The summed E-state index contributed by atoms with van der Waals surface area (Å²) in [7, 11) is 0. The molecular weight excluding hydrogens is 369 g/mol. The lowest BCUT2D eigenvalue weighted by atomic mass is 9.99. The van der Waals surface area contributed by atoms with Crippen molar-refractivity contribution in [1.29, 1.82) is 0 Å². The Morgan fingerprint density at radius 2 is 1.95 bits per heavy atom. The van der Waals surface area contributed by atoms with Crippen LogP contribution < -0.4 is 5.32 Å². The maximum atomic E-state index is 12.6. The molecule has 1 aromatic rings. The van der Waals surface area contributed by atoms with Crippen molar-refractivity contribution in [2.45, 2.75) is 25.1 Å². The summed E-state index contributed by atoms with van der Waals surface area (Å²) in [6.45, 7) is 3.11. The van der Waals surface area contributed by atoms with Gasteiger partial charge in [0.25, 0.3) is 0 Å². The molecular formula is C14H17BrClF3N2. The normalized spacial score (nSPS) is 18.7. The Kier molecular flexibility index (Phi) is 5.94. The minimum absolute atomic E-state index is 0.0670. The molecule has 1 aliphatic heterocycles. The second-order valence-electron chi connectivity index (χ2n) is 5.13. The first-order valence-corrected chi connectivity index (χ1v) is 8.00. The number of halogens is 5. The van der Waals surface area contributed by atoms with Gasteiger partial charge in [-0.25, -0.2) is 0 Å². The molecule has 0 amide bonds. The Hall–Kier alpha value is -0.300. The summed E-state index contributed by atoms with van der Waals surface area (Å²) in [6.07, 6.45) is -4.84. The second-order valence-corrected chi connectivity index (χ2v) is 6.39. The van der Waals surface area contributed by atoms with Gasteiger partial charge in [0.1, 0.15) is 0 Å². The van der Waals surface area contributed by atoms with E-state index in [2.05, 4.69) is 26.1 Å². The number of benzene rings is 1. The molecule has 1 atom stereocenters. The number of rotatable bonds is 4. The van der Waals surface area contributed by atoms with Crippen molar-refractivity contribution in [2.75, 3.05) is 26.2 Å². The highest BCUT2D eigenvalue weighted by atomic mass is 79.9. The smallest absolute Gasteiger partial charge is 0.314 e. The summed E-state index contributed by atoms with van der Waals surface area (Å²) >= 11 is 9.31. The van der Waals surface area contributed by atoms with Crippen LogP contribution in [0.5, 0.6) is 0 Å². The summed E-state index contributed by atoms with van der Waals surface area (Å²) < 4.78 is 38.5. The summed E-state index contributed by atoms with van der Waals surface area (Å²) in [5.74, 6) is 0. The van der Waals surface area contributed by atoms with Crippen molar-refractivity contribution in [2.24, 2.45) is 0 Å². The van der Waals surface area contributed by atoms with Crippen LogP contribution in [0.2, 0.25) is 5.02 Å². The van der Waals surface area contributed by atoms with Crippen molar-refractivity contribution in [3.63, 3.8) is 0 Å². The largest absolute Gasteiger partial charge is 0.389 e. The van der Waals surface area contributed by atoms with E-state index in [4.69, 9.17) is 11.6 Å². The Morgan fingerprint density at radius 1 is 1.29 bits per heavy atom. The minimum atomic E-state index is -4.13. The second kappa shape index (κ2) is 7.31. The molecule has 2 rings (SSSR count). The highest BCUT2D eigenvalue weighted by molar-refractivity contribution is 9.10. The summed E-state index contributed by atoms with van der Waals surface area (Å²) in [4.78, 5) is 2.11. The number of hydrogen-bond donors (Lipinski definition) is 1. The predicted molar refractivity (Wildman–Crippen MR) is 81.6 cm³/mol. The van der Waals surface area contributed by atoms with Crippen molar-refractivity contribution >= 4 is 27.5 Å². The molecule has 1 fully saturated rings. The molecule has 21 heavy (non-hydrogen) atoms. The van der Waals surface area contributed by atoms with Crippen LogP contribution in [0, 0.1) is 0 Å². The maximum absolute atomic E-state index is 12.6. The fraction of sp³-hybridized carbons (Fsp3) is 0.571. The first-order chi connectivity index (χ1) is 9.87. The first-order valence-electron chi connectivity index (χ1n) is 6.83. The van der Waals surface area contributed by atoms with E-state index in [0.717, 1.165) is 31.7 Å². The zero-order chi connectivity index (χ0) is 15.5. The van der Waals surface area contributed by atoms with Crippen LogP contribution in [0.25, 0.3) is 0 Å². The van der Waals surface area contributed by atoms with Gasteiger partial charge in [0.2, 0.25) is 0 Å². The molecule has 0 aliphatic carbocycles. The number of nitrogens with zero attached hydrogens (tertiary/aromatic N) is 1. The summed E-state index contributed by atoms with van der Waals surface area (Å²) in [5.41, 5.74) is 0.873. The quantitative estimate of drug-likeness (QED) is 0.827. The van der Waals surface area contributed by atoms with Gasteiger partial charge in [-0.15, -0.1) is 0 Å². The van der Waals surface area contributed by atoms with Gasteiger partial charge in [0.15, 0.2) is 0 Å². The maximum Gasteiger partial charge on any atom is 0.389 e. The van der Waals surface area contributed by atoms with E-state index in [1.807, 2.05) is 12.1 Å². The van der Waals surface area contributed by atoms with E-state index in [1.54, 1.807) is 6.07 Å². The standard InChI is InChI=1S/C14H17BrClF3N2/c15-11-9-10(1-2-12(11)16)13(3-4-14(17,18)19)21-7-5-20-6-8-21/h1-2,9,13,20H,3-8H2/t13-/m0/s1. The van der Waals surface area contributed by atoms with E-state index in [1.165, 1.54) is 0 Å². The first kappa shape index (κ1) is 17.1. The van der Waals surface area contributed by atoms with Gasteiger partial charge in [0.05, 0.1) is 5.02 Å². The van der Waals surface area contributed by atoms with Crippen molar-refractivity contribution < 1.29 is 13.2 Å². The Balaban J connectivity index is 2.18. The van der Waals surface area contributed by atoms with Crippen LogP contribution in [0.4, 0.5) is 13.2 Å². The zero-order valence-electron chi connectivity index (χ0n) is 11.4. The molecule has 0 unspecified atom stereocenters. The molecule has 0 spiro atoms. The third-order valence-corrected chi connectivity index (χ3v) is 4.84. The monoisotopic (exact) mass is 384 g/mol. The lowest BCUT2D eigenvalue weighted by molar-refractivity contribution is -0.138. The summed E-state index contributed by atoms with van der Waals surface area (Å²) in [6, 6.07) is 5.13. The van der Waals surface area contributed by atoms with Crippen LogP contribution in [0.3, 0.4) is 0 Å². The number of alkyl halides is 3. The third-order valence-electron chi connectivity index (χ3n) is 3.62. The highest BCUT2D eigenvalue weighted by Crippen LogP contribution is 2.34. The van der Waals surface area contributed by atoms with Gasteiger partial charge < -0.3 is 5.32 Å². The third kappa shape index (κ3) is 5.13. The predicted octanol–water partition coefficient (Wildman–Crippen LogP) is 4.39. The number of hydrogen-bond acceptors (Lipinski definition) is 2. The van der Waals surface area contributed by atoms with Crippen LogP contribution >= 0.6 is 27.5 Å². The highest BCUT2D eigenvalue weighted by Gasteiger charge is 2.31. The molecule has 0 radical (unpaired) electrons. The van der Waals surface area contributed by atoms with E-state index in [-0.39, 0.29) is 12.5 Å². The van der Waals surface area contributed by atoms with Crippen molar-refractivity contribution in [1.82, 2.24) is 10.2 Å². The van der Waals surface area contributed by atoms with Crippen molar-refractivity contribution in [3.8, 4) is 0 Å². The number of nitrogens with one attached hydrogen (secondary N) is 1. The molecule has 7 heteroatoms. The van der Waals surface area contributed by atoms with Gasteiger partial charge in [-0.1, -0.05) is 17.7 Å². The SMILES string of the molecule is FC(F)(F)CC[C@@H](c1ccc(Cl)c(Br)c1)N1CCNCC1. The van der Waals surface area contributed by atoms with Crippen LogP contribution in [-0.2, 0) is 0 Å². The van der Waals surface area contributed by atoms with E-state index in [0.29, 0.717) is 9.50 Å². The Morgan fingerprint density at radius 3 is 2.52 bits per heavy atom. The lowest BCUT2D eigenvalue weighted by Gasteiger charge is -2.35. The molecule has 1 aliphatic rings. The molecule has 0 bridgehead atoms. The molecule has 1 saturated heterocycles. The molecule has 1 heterocycles. The van der Waals surface area contributed by atoms with Crippen molar-refractivity contribution in [3.05, 3.63) is 33.3 Å². The molecule has 2 nitrogen and oxygen atoms in total. The van der Waals surface area contributed by atoms with Crippen LogP contribution in [-0.4, -0.2) is 37.3 Å². The molecule has 118 valence electrons. The van der Waals surface area contributed by atoms with Gasteiger partial charge in [-0.2, -0.15) is 13.2 Å². The molecule has 0 saturated carbocycles. The van der Waals surface area contributed by atoms with E-state index in [9.17, 15) is 13.2 Å². The minimum Gasteiger partial charge on any atom is -0.314 e. The zero-order valence-corrected chi connectivity index (χ0v) is 13.7. The molecule has 1 aromatic carbocycles. The van der Waals surface area contributed by atoms with Crippen LogP contribution in [0.15, 0.2) is 22.7 Å². The summed E-state index contributed by atoms with van der Waals surface area (Å²) in [5, 5.41) is 3.78. The number of piperazine rings is 1. The molecule has 0 aromatic heterocycles. The lowest BCUT2D eigenvalue weighted by Crippen LogP contribution is -2.45.